The second kappa shape index (κ2) is 17.0. The van der Waals surface area contributed by atoms with Crippen LogP contribution < -0.4 is 0 Å². The SMILES string of the molecule is O=C(O)C(=O)O.O=C(O)C(=O)O.O=C(O)C(=O)O.[V].[V]. The minimum atomic E-state index is -1.82. The third kappa shape index (κ3) is 36.0. The fourth-order valence-corrected chi connectivity index (χ4v) is 0. The van der Waals surface area contributed by atoms with Gasteiger partial charge in [-0.25, -0.2) is 28.8 Å². The third-order valence-electron chi connectivity index (χ3n) is 0.549. The molecule has 2 radical (unpaired) electrons. The molecular weight excluding hydrogens is 366 g/mol. The molecule has 0 atom stereocenters. The first-order valence-corrected chi connectivity index (χ1v) is 3.32. The van der Waals surface area contributed by atoms with Crippen molar-refractivity contribution in [1.29, 1.82) is 0 Å². The molecule has 12 nitrogen and oxygen atoms in total. The maximum Gasteiger partial charge on any atom is 0.414 e. The molecule has 112 valence electrons. The monoisotopic (exact) mass is 372 g/mol. The average molecular weight is 372 g/mol. The first kappa shape index (κ1) is 30.8. The predicted molar refractivity (Wildman–Crippen MR) is 45.8 cm³/mol. The van der Waals surface area contributed by atoms with Gasteiger partial charge in [0.05, 0.1) is 0 Å². The number of carboxylic acid groups (broad SMARTS) is 6. The van der Waals surface area contributed by atoms with Crippen LogP contribution in [0.25, 0.3) is 0 Å². The van der Waals surface area contributed by atoms with E-state index in [0.29, 0.717) is 0 Å². The summed E-state index contributed by atoms with van der Waals surface area (Å²) in [6.45, 7) is 0. The van der Waals surface area contributed by atoms with Gasteiger partial charge in [-0.1, -0.05) is 0 Å². The summed E-state index contributed by atoms with van der Waals surface area (Å²) in [6, 6.07) is 0. The normalized spacial score (nSPS) is 6.60. The average Bonchev–Trinajstić information content (AvgIpc) is 2.18. The zero-order valence-electron chi connectivity index (χ0n) is 9.03. The van der Waals surface area contributed by atoms with Crippen LogP contribution in [0.1, 0.15) is 0 Å². The Hall–Kier alpha value is -2.01. The van der Waals surface area contributed by atoms with Crippen molar-refractivity contribution in [2.24, 2.45) is 0 Å². The van der Waals surface area contributed by atoms with E-state index in [2.05, 4.69) is 0 Å². The van der Waals surface area contributed by atoms with Gasteiger partial charge >= 0.3 is 35.8 Å². The van der Waals surface area contributed by atoms with Crippen LogP contribution in [0.5, 0.6) is 0 Å². The number of aliphatic carboxylic acids is 6. The molecule has 0 saturated carbocycles. The number of rotatable bonds is 0. The van der Waals surface area contributed by atoms with Crippen LogP contribution in [0.2, 0.25) is 0 Å². The summed E-state index contributed by atoms with van der Waals surface area (Å²) in [5, 5.41) is 44.3. The predicted octanol–water partition coefficient (Wildman–Crippen LogP) is -2.54. The van der Waals surface area contributed by atoms with Gasteiger partial charge in [-0.3, -0.25) is 0 Å². The first-order chi connectivity index (χ1) is 7.93. The number of hydrogen-bond acceptors (Lipinski definition) is 6. The Kier molecular flexibility index (Phi) is 26.1. The minimum absolute atomic E-state index is 0. The number of carboxylic acids is 6. The molecule has 0 aliphatic heterocycles. The van der Waals surface area contributed by atoms with Gasteiger partial charge < -0.3 is 30.6 Å². The maximum absolute atomic E-state index is 9.10. The largest absolute Gasteiger partial charge is 0.473 e. The smallest absolute Gasteiger partial charge is 0.414 e. The number of hydrogen-bond donors (Lipinski definition) is 6. The Morgan fingerprint density at radius 3 is 0.400 bits per heavy atom. The quantitative estimate of drug-likeness (QED) is 0.242. The van der Waals surface area contributed by atoms with Crippen LogP contribution in [-0.2, 0) is 65.9 Å². The van der Waals surface area contributed by atoms with Gasteiger partial charge in [0.25, 0.3) is 0 Å². The molecule has 14 heteroatoms. The zero-order chi connectivity index (χ0) is 15.5. The van der Waals surface area contributed by atoms with Gasteiger partial charge in [0, 0.05) is 37.1 Å². The minimum Gasteiger partial charge on any atom is -0.473 e. The van der Waals surface area contributed by atoms with Crippen molar-refractivity contribution in [1.82, 2.24) is 0 Å². The van der Waals surface area contributed by atoms with Crippen molar-refractivity contribution >= 4 is 35.8 Å². The van der Waals surface area contributed by atoms with E-state index >= 15 is 0 Å². The van der Waals surface area contributed by atoms with Crippen molar-refractivity contribution < 1.29 is 96.5 Å². The van der Waals surface area contributed by atoms with Gasteiger partial charge in [0.2, 0.25) is 0 Å². The molecule has 0 aliphatic rings. The second-order valence-electron chi connectivity index (χ2n) is 1.83. The fourth-order valence-electron chi connectivity index (χ4n) is 0. The Morgan fingerprint density at radius 1 is 0.350 bits per heavy atom. The molecule has 0 fully saturated rings. The zero-order valence-corrected chi connectivity index (χ0v) is 11.8. The molecule has 0 saturated heterocycles. The molecule has 0 aliphatic carbocycles. The van der Waals surface area contributed by atoms with E-state index in [0.717, 1.165) is 0 Å². The van der Waals surface area contributed by atoms with Crippen LogP contribution in [-0.4, -0.2) is 66.5 Å². The topological polar surface area (TPSA) is 224 Å². The molecule has 0 aromatic rings. The van der Waals surface area contributed by atoms with Gasteiger partial charge in [0.1, 0.15) is 0 Å². The van der Waals surface area contributed by atoms with Crippen molar-refractivity contribution in [2.75, 3.05) is 0 Å². The van der Waals surface area contributed by atoms with Gasteiger partial charge in [-0.15, -0.1) is 0 Å². The van der Waals surface area contributed by atoms with Crippen LogP contribution in [0.3, 0.4) is 0 Å². The molecule has 0 aromatic heterocycles. The molecule has 0 unspecified atom stereocenters. The summed E-state index contributed by atoms with van der Waals surface area (Å²) in [6.07, 6.45) is 0. The molecule has 6 N–H and O–H groups in total. The van der Waals surface area contributed by atoms with E-state index in [-0.39, 0.29) is 37.1 Å². The number of carbonyl (C=O) groups is 6. The van der Waals surface area contributed by atoms with E-state index in [1.165, 1.54) is 0 Å². The summed E-state index contributed by atoms with van der Waals surface area (Å²) in [7, 11) is 0. The molecule has 0 rings (SSSR count). The van der Waals surface area contributed by atoms with Gasteiger partial charge in [-0.2, -0.15) is 0 Å². The molecule has 0 bridgehead atoms. The first-order valence-electron chi connectivity index (χ1n) is 3.32. The van der Waals surface area contributed by atoms with Gasteiger partial charge in [0.15, 0.2) is 0 Å². The van der Waals surface area contributed by atoms with Crippen LogP contribution in [0.4, 0.5) is 0 Å². The molecule has 20 heavy (non-hydrogen) atoms. The summed E-state index contributed by atoms with van der Waals surface area (Å²) in [4.78, 5) is 54.6. The van der Waals surface area contributed by atoms with E-state index in [4.69, 9.17) is 59.4 Å². The Morgan fingerprint density at radius 2 is 0.400 bits per heavy atom. The van der Waals surface area contributed by atoms with E-state index < -0.39 is 35.8 Å². The standard InChI is InChI=1S/3C2H2O4.2V/c3*3-1(4)2(5)6;;/h3*(H,3,4)(H,5,6);;. The van der Waals surface area contributed by atoms with E-state index in [1.807, 2.05) is 0 Å². The Bertz CT molecular complexity index is 281. The van der Waals surface area contributed by atoms with Crippen molar-refractivity contribution in [3.63, 3.8) is 0 Å². The third-order valence-corrected chi connectivity index (χ3v) is 0.549. The Labute approximate surface area is 132 Å². The Balaban J connectivity index is -0.0000000536. The van der Waals surface area contributed by atoms with Crippen LogP contribution in [0, 0.1) is 0 Å². The molecular formula is C6H6O12V2. The summed E-state index contributed by atoms with van der Waals surface area (Å²) >= 11 is 0. The fraction of sp³-hybridized carbons (Fsp3) is 0. The molecule has 0 aromatic carbocycles. The van der Waals surface area contributed by atoms with E-state index in [9.17, 15) is 0 Å². The summed E-state index contributed by atoms with van der Waals surface area (Å²) in [5.74, 6) is -10.9. The van der Waals surface area contributed by atoms with Crippen molar-refractivity contribution in [2.45, 2.75) is 0 Å². The summed E-state index contributed by atoms with van der Waals surface area (Å²) < 4.78 is 0. The maximum atomic E-state index is 9.10. The van der Waals surface area contributed by atoms with Crippen LogP contribution in [0.15, 0.2) is 0 Å². The van der Waals surface area contributed by atoms with E-state index in [1.54, 1.807) is 0 Å². The van der Waals surface area contributed by atoms with Crippen molar-refractivity contribution in [3.05, 3.63) is 0 Å². The second-order valence-corrected chi connectivity index (χ2v) is 1.83. The molecule has 0 amide bonds. The summed E-state index contributed by atoms with van der Waals surface area (Å²) in [5.41, 5.74) is 0. The molecule has 0 spiro atoms. The van der Waals surface area contributed by atoms with Crippen LogP contribution >= 0.6 is 0 Å². The molecule has 0 heterocycles. The van der Waals surface area contributed by atoms with Gasteiger partial charge in [-0.05, 0) is 0 Å². The van der Waals surface area contributed by atoms with Crippen molar-refractivity contribution in [3.8, 4) is 0 Å².